The number of hydrogen-bond donors (Lipinski definition) is 0. The topological polar surface area (TPSA) is 17.1 Å². The van der Waals surface area contributed by atoms with Crippen LogP contribution in [0.1, 0.15) is 37.2 Å². The van der Waals surface area contributed by atoms with Gasteiger partial charge >= 0.3 is 0 Å². The highest BCUT2D eigenvalue weighted by Crippen LogP contribution is 2.35. The molecular formula is C13H16Cl2O. The van der Waals surface area contributed by atoms with Crippen LogP contribution in [0.5, 0.6) is 0 Å². The molecule has 1 saturated carbocycles. The van der Waals surface area contributed by atoms with Crippen molar-refractivity contribution < 1.29 is 4.79 Å². The van der Waals surface area contributed by atoms with Gasteiger partial charge in [0.25, 0.3) is 0 Å². The van der Waals surface area contributed by atoms with E-state index >= 15 is 0 Å². The maximum absolute atomic E-state index is 10.6. The quantitative estimate of drug-likeness (QED) is 0.726. The first-order chi connectivity index (χ1) is 7.29. The predicted octanol–water partition coefficient (Wildman–Crippen LogP) is 4.23. The van der Waals surface area contributed by atoms with E-state index in [9.17, 15) is 4.79 Å². The van der Waals surface area contributed by atoms with Gasteiger partial charge in [-0.15, -0.1) is 12.4 Å². The van der Waals surface area contributed by atoms with Gasteiger partial charge in [-0.25, -0.2) is 0 Å². The van der Waals surface area contributed by atoms with Crippen molar-refractivity contribution >= 4 is 30.3 Å². The summed E-state index contributed by atoms with van der Waals surface area (Å²) in [5.41, 5.74) is 1.36. The van der Waals surface area contributed by atoms with Crippen LogP contribution in [0.25, 0.3) is 0 Å². The normalized spacial score (nSPS) is 24.6. The van der Waals surface area contributed by atoms with E-state index < -0.39 is 0 Å². The SMILES string of the molecule is Cl.O=CC1CCC(c2ccc(Cl)cc2)CC1. The number of aldehydes is 1. The second-order valence-electron chi connectivity index (χ2n) is 4.30. The Labute approximate surface area is 108 Å². The van der Waals surface area contributed by atoms with Crippen molar-refractivity contribution in [1.29, 1.82) is 0 Å². The Balaban J connectivity index is 0.00000128. The van der Waals surface area contributed by atoms with Crippen LogP contribution in [-0.4, -0.2) is 6.29 Å². The largest absolute Gasteiger partial charge is 0.303 e. The van der Waals surface area contributed by atoms with Crippen molar-refractivity contribution in [3.8, 4) is 0 Å². The lowest BCUT2D eigenvalue weighted by molar-refractivity contribution is -0.111. The van der Waals surface area contributed by atoms with E-state index in [4.69, 9.17) is 11.6 Å². The summed E-state index contributed by atoms with van der Waals surface area (Å²) in [7, 11) is 0. The van der Waals surface area contributed by atoms with Crippen molar-refractivity contribution in [3.05, 3.63) is 34.9 Å². The first-order valence-corrected chi connectivity index (χ1v) is 5.88. The number of rotatable bonds is 2. The highest BCUT2D eigenvalue weighted by Gasteiger charge is 2.21. The first kappa shape index (κ1) is 13.5. The van der Waals surface area contributed by atoms with Crippen molar-refractivity contribution in [1.82, 2.24) is 0 Å². The summed E-state index contributed by atoms with van der Waals surface area (Å²) in [5.74, 6) is 0.923. The van der Waals surface area contributed by atoms with E-state index in [2.05, 4.69) is 12.1 Å². The molecule has 0 radical (unpaired) electrons. The molecular weight excluding hydrogens is 243 g/mol. The van der Waals surface area contributed by atoms with Crippen molar-refractivity contribution in [2.75, 3.05) is 0 Å². The molecule has 1 fully saturated rings. The molecule has 0 heterocycles. The molecule has 0 unspecified atom stereocenters. The molecule has 1 aliphatic rings. The molecule has 88 valence electrons. The Morgan fingerprint density at radius 2 is 1.62 bits per heavy atom. The molecule has 0 aliphatic heterocycles. The van der Waals surface area contributed by atoms with Crippen LogP contribution in [-0.2, 0) is 4.79 Å². The number of benzene rings is 1. The molecule has 0 bridgehead atoms. The van der Waals surface area contributed by atoms with Gasteiger partial charge in [-0.05, 0) is 49.3 Å². The molecule has 0 N–H and O–H groups in total. The number of hydrogen-bond acceptors (Lipinski definition) is 1. The third-order valence-electron chi connectivity index (χ3n) is 3.31. The molecule has 1 nitrogen and oxygen atoms in total. The Bertz CT molecular complexity index is 326. The average molecular weight is 259 g/mol. The summed E-state index contributed by atoms with van der Waals surface area (Å²) in [6.07, 6.45) is 5.45. The van der Waals surface area contributed by atoms with Crippen LogP contribution in [0.2, 0.25) is 5.02 Å². The van der Waals surface area contributed by atoms with E-state index in [-0.39, 0.29) is 12.4 Å². The zero-order valence-electron chi connectivity index (χ0n) is 9.06. The van der Waals surface area contributed by atoms with Gasteiger partial charge < -0.3 is 4.79 Å². The molecule has 0 aromatic heterocycles. The highest BCUT2D eigenvalue weighted by molar-refractivity contribution is 6.30. The minimum Gasteiger partial charge on any atom is -0.303 e. The van der Waals surface area contributed by atoms with Crippen LogP contribution in [0.3, 0.4) is 0 Å². The highest BCUT2D eigenvalue weighted by atomic mass is 35.5. The summed E-state index contributed by atoms with van der Waals surface area (Å²) >= 11 is 5.85. The van der Waals surface area contributed by atoms with Gasteiger partial charge in [0.15, 0.2) is 0 Å². The third-order valence-corrected chi connectivity index (χ3v) is 3.56. The molecule has 1 aromatic carbocycles. The van der Waals surface area contributed by atoms with Crippen molar-refractivity contribution in [2.24, 2.45) is 5.92 Å². The van der Waals surface area contributed by atoms with E-state index in [0.29, 0.717) is 11.8 Å². The predicted molar refractivity (Wildman–Crippen MR) is 69.5 cm³/mol. The fourth-order valence-electron chi connectivity index (χ4n) is 2.32. The van der Waals surface area contributed by atoms with E-state index in [1.807, 2.05) is 12.1 Å². The second kappa shape index (κ2) is 6.27. The maximum Gasteiger partial charge on any atom is 0.123 e. The van der Waals surface area contributed by atoms with Gasteiger partial charge in [-0.2, -0.15) is 0 Å². The van der Waals surface area contributed by atoms with Crippen LogP contribution >= 0.6 is 24.0 Å². The minimum absolute atomic E-state index is 0. The summed E-state index contributed by atoms with van der Waals surface area (Å²) in [6, 6.07) is 8.11. The average Bonchev–Trinajstić information content (AvgIpc) is 2.30. The smallest absolute Gasteiger partial charge is 0.123 e. The zero-order chi connectivity index (χ0) is 10.7. The molecule has 1 aliphatic carbocycles. The summed E-state index contributed by atoms with van der Waals surface area (Å²) in [6.45, 7) is 0. The fourth-order valence-corrected chi connectivity index (χ4v) is 2.45. The summed E-state index contributed by atoms with van der Waals surface area (Å²) in [5, 5.41) is 0.792. The van der Waals surface area contributed by atoms with Gasteiger partial charge in [0.2, 0.25) is 0 Å². The number of carbonyl (C=O) groups is 1. The fraction of sp³-hybridized carbons (Fsp3) is 0.462. The monoisotopic (exact) mass is 258 g/mol. The summed E-state index contributed by atoms with van der Waals surface area (Å²) in [4.78, 5) is 10.6. The second-order valence-corrected chi connectivity index (χ2v) is 4.74. The lowest BCUT2D eigenvalue weighted by atomic mass is 9.79. The molecule has 3 heteroatoms. The third kappa shape index (κ3) is 3.23. The Morgan fingerprint density at radius 3 is 2.12 bits per heavy atom. The lowest BCUT2D eigenvalue weighted by Crippen LogP contribution is -2.13. The van der Waals surface area contributed by atoms with E-state index in [1.54, 1.807) is 0 Å². The lowest BCUT2D eigenvalue weighted by Gasteiger charge is -2.25. The van der Waals surface area contributed by atoms with Crippen LogP contribution in [0.4, 0.5) is 0 Å². The van der Waals surface area contributed by atoms with Crippen LogP contribution in [0.15, 0.2) is 24.3 Å². The minimum atomic E-state index is 0. The number of carbonyl (C=O) groups excluding carboxylic acids is 1. The molecule has 0 atom stereocenters. The van der Waals surface area contributed by atoms with Crippen LogP contribution in [0, 0.1) is 5.92 Å². The number of halogens is 2. The van der Waals surface area contributed by atoms with Gasteiger partial charge in [0, 0.05) is 10.9 Å². The molecule has 2 rings (SSSR count). The van der Waals surface area contributed by atoms with Crippen molar-refractivity contribution in [2.45, 2.75) is 31.6 Å². The molecule has 0 spiro atoms. The van der Waals surface area contributed by atoms with Gasteiger partial charge in [-0.1, -0.05) is 23.7 Å². The molecule has 0 amide bonds. The van der Waals surface area contributed by atoms with E-state index in [1.165, 1.54) is 5.56 Å². The van der Waals surface area contributed by atoms with Gasteiger partial charge in [0.05, 0.1) is 0 Å². The van der Waals surface area contributed by atoms with Crippen LogP contribution < -0.4 is 0 Å². The Kier molecular flexibility index (Phi) is 5.30. The summed E-state index contributed by atoms with van der Waals surface area (Å²) < 4.78 is 0. The molecule has 16 heavy (non-hydrogen) atoms. The molecule has 1 aromatic rings. The van der Waals surface area contributed by atoms with E-state index in [0.717, 1.165) is 37.0 Å². The van der Waals surface area contributed by atoms with Crippen molar-refractivity contribution in [3.63, 3.8) is 0 Å². The first-order valence-electron chi connectivity index (χ1n) is 5.50. The molecule has 0 saturated heterocycles. The standard InChI is InChI=1S/C13H15ClO.ClH/c14-13-7-5-12(6-8-13)11-3-1-10(9-15)2-4-11;/h5-11H,1-4H2;1H. The maximum atomic E-state index is 10.6. The van der Waals surface area contributed by atoms with Gasteiger partial charge in [-0.3, -0.25) is 0 Å². The zero-order valence-corrected chi connectivity index (χ0v) is 10.6. The Morgan fingerprint density at radius 1 is 1.06 bits per heavy atom. The van der Waals surface area contributed by atoms with Gasteiger partial charge in [0.1, 0.15) is 6.29 Å². The Hall–Kier alpha value is -0.530.